The van der Waals surface area contributed by atoms with Gasteiger partial charge >= 0.3 is 0 Å². The molecule has 21 heavy (non-hydrogen) atoms. The molecule has 0 aromatic heterocycles. The number of rotatable bonds is 4. The third-order valence-corrected chi connectivity index (χ3v) is 6.01. The first kappa shape index (κ1) is 16.8. The SMILES string of the molecule is CCNC1CCC(C(C)(C)C)CC1Sc1ccccc1F. The highest BCUT2D eigenvalue weighted by Gasteiger charge is 2.36. The van der Waals surface area contributed by atoms with Gasteiger partial charge in [0.1, 0.15) is 5.82 Å². The monoisotopic (exact) mass is 309 g/mol. The van der Waals surface area contributed by atoms with Gasteiger partial charge in [0.05, 0.1) is 0 Å². The van der Waals surface area contributed by atoms with E-state index in [-0.39, 0.29) is 5.82 Å². The van der Waals surface area contributed by atoms with Crippen LogP contribution >= 0.6 is 11.8 Å². The predicted molar refractivity (Wildman–Crippen MR) is 90.3 cm³/mol. The van der Waals surface area contributed by atoms with Crippen LogP contribution in [0.5, 0.6) is 0 Å². The molecule has 3 unspecified atom stereocenters. The summed E-state index contributed by atoms with van der Waals surface area (Å²) in [6.07, 6.45) is 3.64. The summed E-state index contributed by atoms with van der Waals surface area (Å²) < 4.78 is 13.9. The molecule has 3 atom stereocenters. The van der Waals surface area contributed by atoms with Crippen molar-refractivity contribution in [1.82, 2.24) is 5.32 Å². The van der Waals surface area contributed by atoms with Crippen molar-refractivity contribution < 1.29 is 4.39 Å². The van der Waals surface area contributed by atoms with Crippen LogP contribution in [-0.4, -0.2) is 17.8 Å². The van der Waals surface area contributed by atoms with Crippen LogP contribution in [0.4, 0.5) is 4.39 Å². The van der Waals surface area contributed by atoms with Crippen LogP contribution in [0.25, 0.3) is 0 Å². The van der Waals surface area contributed by atoms with Crippen LogP contribution in [0.15, 0.2) is 29.2 Å². The molecule has 0 heterocycles. The topological polar surface area (TPSA) is 12.0 Å². The third-order valence-electron chi connectivity index (χ3n) is 4.60. The van der Waals surface area contributed by atoms with Crippen LogP contribution in [-0.2, 0) is 0 Å². The molecule has 0 amide bonds. The Bertz CT molecular complexity index is 455. The van der Waals surface area contributed by atoms with E-state index in [4.69, 9.17) is 0 Å². The van der Waals surface area contributed by atoms with E-state index in [1.54, 1.807) is 23.9 Å². The summed E-state index contributed by atoms with van der Waals surface area (Å²) in [6.45, 7) is 10.1. The summed E-state index contributed by atoms with van der Waals surface area (Å²) in [5, 5.41) is 4.06. The summed E-state index contributed by atoms with van der Waals surface area (Å²) in [6, 6.07) is 7.66. The zero-order valence-corrected chi connectivity index (χ0v) is 14.5. The van der Waals surface area contributed by atoms with E-state index in [9.17, 15) is 4.39 Å². The summed E-state index contributed by atoms with van der Waals surface area (Å²) in [4.78, 5) is 0.792. The highest BCUT2D eigenvalue weighted by atomic mass is 32.2. The summed E-state index contributed by atoms with van der Waals surface area (Å²) in [5.41, 5.74) is 0.339. The Morgan fingerprint density at radius 1 is 1.24 bits per heavy atom. The molecule has 3 heteroatoms. The fourth-order valence-electron chi connectivity index (χ4n) is 3.25. The second-order valence-corrected chi connectivity index (χ2v) is 8.41. The van der Waals surface area contributed by atoms with Crippen LogP contribution in [0, 0.1) is 17.2 Å². The van der Waals surface area contributed by atoms with E-state index in [1.165, 1.54) is 19.3 Å². The van der Waals surface area contributed by atoms with Gasteiger partial charge in [-0.2, -0.15) is 0 Å². The number of nitrogens with one attached hydrogen (secondary N) is 1. The van der Waals surface area contributed by atoms with Gasteiger partial charge in [-0.1, -0.05) is 39.8 Å². The van der Waals surface area contributed by atoms with Crippen molar-refractivity contribution in [2.45, 2.75) is 63.1 Å². The molecule has 0 aliphatic heterocycles. The zero-order valence-electron chi connectivity index (χ0n) is 13.7. The molecule has 1 N–H and O–H groups in total. The van der Waals surface area contributed by atoms with Crippen molar-refractivity contribution >= 4 is 11.8 Å². The molecule has 1 aromatic rings. The van der Waals surface area contributed by atoms with Crippen molar-refractivity contribution in [3.63, 3.8) is 0 Å². The van der Waals surface area contributed by atoms with E-state index in [2.05, 4.69) is 33.0 Å². The lowest BCUT2D eigenvalue weighted by Gasteiger charge is -2.42. The van der Waals surface area contributed by atoms with E-state index < -0.39 is 0 Å². The molecule has 1 fully saturated rings. The molecule has 0 spiro atoms. The second-order valence-electron chi connectivity index (χ2n) is 7.13. The van der Waals surface area contributed by atoms with Gasteiger partial charge in [0.15, 0.2) is 0 Å². The normalized spacial score (nSPS) is 26.8. The molecule has 1 nitrogen and oxygen atoms in total. The Hall–Kier alpha value is -0.540. The van der Waals surface area contributed by atoms with Crippen molar-refractivity contribution in [1.29, 1.82) is 0 Å². The van der Waals surface area contributed by atoms with Crippen LogP contribution < -0.4 is 5.32 Å². The Labute approximate surface area is 133 Å². The standard InChI is InChI=1S/C18H28FNS/c1-5-20-15-11-10-13(18(2,3)4)12-17(15)21-16-9-7-6-8-14(16)19/h6-9,13,15,17,20H,5,10-12H2,1-4H3. The minimum absolute atomic E-state index is 0.0874. The first-order chi connectivity index (χ1) is 9.91. The number of thioether (sulfide) groups is 1. The van der Waals surface area contributed by atoms with Gasteiger partial charge in [-0.3, -0.25) is 0 Å². The van der Waals surface area contributed by atoms with Gasteiger partial charge in [0.2, 0.25) is 0 Å². The number of benzene rings is 1. The van der Waals surface area contributed by atoms with E-state index >= 15 is 0 Å². The molecule has 0 radical (unpaired) electrons. The quantitative estimate of drug-likeness (QED) is 0.829. The summed E-state index contributed by atoms with van der Waals surface area (Å²) in [5.74, 6) is 0.632. The maximum atomic E-state index is 13.9. The minimum atomic E-state index is -0.0874. The molecule has 0 saturated heterocycles. The van der Waals surface area contributed by atoms with Gasteiger partial charge < -0.3 is 5.32 Å². The Morgan fingerprint density at radius 3 is 2.57 bits per heavy atom. The molecule has 118 valence electrons. The van der Waals surface area contributed by atoms with Gasteiger partial charge in [-0.15, -0.1) is 11.8 Å². The number of hydrogen-bond donors (Lipinski definition) is 1. The van der Waals surface area contributed by atoms with Gasteiger partial charge in [-0.05, 0) is 49.3 Å². The maximum Gasteiger partial charge on any atom is 0.136 e. The Morgan fingerprint density at radius 2 is 1.95 bits per heavy atom. The minimum Gasteiger partial charge on any atom is -0.313 e. The molecule has 2 rings (SSSR count). The molecule has 0 bridgehead atoms. The lowest BCUT2D eigenvalue weighted by molar-refractivity contribution is 0.165. The number of hydrogen-bond acceptors (Lipinski definition) is 2. The van der Waals surface area contributed by atoms with Gasteiger partial charge in [-0.25, -0.2) is 4.39 Å². The number of halogens is 1. The molecular formula is C18H28FNS. The molecular weight excluding hydrogens is 281 g/mol. The highest BCUT2D eigenvalue weighted by Crippen LogP contribution is 2.43. The van der Waals surface area contributed by atoms with Crippen molar-refractivity contribution in [3.8, 4) is 0 Å². The lowest BCUT2D eigenvalue weighted by Crippen LogP contribution is -2.44. The predicted octanol–water partition coefficient (Wildman–Crippen LogP) is 5.11. The fourth-order valence-corrected chi connectivity index (χ4v) is 4.63. The second kappa shape index (κ2) is 7.15. The Balaban J connectivity index is 2.12. The molecule has 1 aromatic carbocycles. The third kappa shape index (κ3) is 4.46. The smallest absolute Gasteiger partial charge is 0.136 e. The van der Waals surface area contributed by atoms with Crippen molar-refractivity contribution in [3.05, 3.63) is 30.1 Å². The first-order valence-corrected chi connectivity index (χ1v) is 8.94. The van der Waals surface area contributed by atoms with Crippen LogP contribution in [0.2, 0.25) is 0 Å². The zero-order chi connectivity index (χ0) is 15.5. The molecule has 1 aliphatic carbocycles. The van der Waals surface area contributed by atoms with E-state index in [0.29, 0.717) is 16.7 Å². The van der Waals surface area contributed by atoms with E-state index in [1.807, 2.05) is 12.1 Å². The van der Waals surface area contributed by atoms with Crippen molar-refractivity contribution in [2.75, 3.05) is 6.54 Å². The van der Waals surface area contributed by atoms with Gasteiger partial charge in [0.25, 0.3) is 0 Å². The average molecular weight is 309 g/mol. The molecule has 1 saturated carbocycles. The molecule has 1 aliphatic rings. The summed E-state index contributed by atoms with van der Waals surface area (Å²) >= 11 is 1.72. The van der Waals surface area contributed by atoms with Crippen LogP contribution in [0.1, 0.15) is 47.0 Å². The van der Waals surface area contributed by atoms with Crippen molar-refractivity contribution in [2.24, 2.45) is 11.3 Å². The van der Waals surface area contributed by atoms with E-state index in [0.717, 1.165) is 17.4 Å². The average Bonchev–Trinajstić information content (AvgIpc) is 2.42. The lowest BCUT2D eigenvalue weighted by atomic mass is 9.71. The summed E-state index contributed by atoms with van der Waals surface area (Å²) in [7, 11) is 0. The van der Waals surface area contributed by atoms with Crippen LogP contribution in [0.3, 0.4) is 0 Å². The van der Waals surface area contributed by atoms with Gasteiger partial charge in [0, 0.05) is 16.2 Å². The highest BCUT2D eigenvalue weighted by molar-refractivity contribution is 8.00. The fraction of sp³-hybridized carbons (Fsp3) is 0.667. The maximum absolute atomic E-state index is 13.9. The Kier molecular flexibility index (Phi) is 5.73. The largest absolute Gasteiger partial charge is 0.313 e. The first-order valence-electron chi connectivity index (χ1n) is 8.06.